The Balaban J connectivity index is 2.07. The molecule has 1 unspecified atom stereocenters. The average Bonchev–Trinajstić information content (AvgIpc) is 2.83. The summed E-state index contributed by atoms with van der Waals surface area (Å²) in [5.41, 5.74) is 5.85. The number of carbonyl (C=O) groups is 1. The second-order valence-electron chi connectivity index (χ2n) is 5.60. The van der Waals surface area contributed by atoms with E-state index in [-0.39, 0.29) is 22.8 Å². The van der Waals surface area contributed by atoms with Gasteiger partial charge in [0.25, 0.3) is 5.91 Å². The van der Waals surface area contributed by atoms with Crippen LogP contribution >= 0.6 is 0 Å². The lowest BCUT2D eigenvalue weighted by Gasteiger charge is -2.26. The smallest absolute Gasteiger partial charge is 0.280 e. The molecule has 0 saturated carbocycles. The van der Waals surface area contributed by atoms with Crippen molar-refractivity contribution in [3.05, 3.63) is 5.69 Å². The van der Waals surface area contributed by atoms with Crippen LogP contribution in [0.4, 0.5) is 5.82 Å². The summed E-state index contributed by atoms with van der Waals surface area (Å²) in [5, 5.41) is 6.97. The molecule has 1 saturated heterocycles. The van der Waals surface area contributed by atoms with E-state index >= 15 is 0 Å². The fourth-order valence-electron chi connectivity index (χ4n) is 2.15. The second kappa shape index (κ2) is 4.01. The first-order valence-electron chi connectivity index (χ1n) is 5.77. The average molecular weight is 238 g/mol. The van der Waals surface area contributed by atoms with E-state index in [1.807, 2.05) is 0 Å². The van der Waals surface area contributed by atoms with Crippen molar-refractivity contribution in [3.63, 3.8) is 0 Å². The number of amides is 1. The SMILES string of the molecule is CC(C)(C)C1CCN(C(=O)c2nonc2N)C1. The third-order valence-corrected chi connectivity index (χ3v) is 3.42. The third kappa shape index (κ3) is 2.25. The molecule has 2 rings (SSSR count). The topological polar surface area (TPSA) is 85.2 Å². The highest BCUT2D eigenvalue weighted by atomic mass is 16.6. The zero-order valence-electron chi connectivity index (χ0n) is 10.4. The summed E-state index contributed by atoms with van der Waals surface area (Å²) in [5.74, 6) is 0.386. The summed E-state index contributed by atoms with van der Waals surface area (Å²) in [7, 11) is 0. The van der Waals surface area contributed by atoms with Crippen molar-refractivity contribution in [2.24, 2.45) is 11.3 Å². The lowest BCUT2D eigenvalue weighted by atomic mass is 9.80. The van der Waals surface area contributed by atoms with E-state index in [4.69, 9.17) is 5.73 Å². The molecular formula is C11H18N4O2. The highest BCUT2D eigenvalue weighted by molar-refractivity contribution is 5.96. The van der Waals surface area contributed by atoms with Gasteiger partial charge in [0.15, 0.2) is 0 Å². The summed E-state index contributed by atoms with van der Waals surface area (Å²) in [6, 6.07) is 0. The maximum absolute atomic E-state index is 12.1. The van der Waals surface area contributed by atoms with Gasteiger partial charge in [0.05, 0.1) is 0 Å². The zero-order chi connectivity index (χ0) is 12.6. The van der Waals surface area contributed by atoms with Gasteiger partial charge in [-0.25, -0.2) is 4.63 Å². The van der Waals surface area contributed by atoms with Crippen LogP contribution in [-0.4, -0.2) is 34.2 Å². The van der Waals surface area contributed by atoms with Gasteiger partial charge in [-0.2, -0.15) is 0 Å². The zero-order valence-corrected chi connectivity index (χ0v) is 10.4. The molecule has 2 N–H and O–H groups in total. The van der Waals surface area contributed by atoms with Crippen LogP contribution in [0, 0.1) is 11.3 Å². The standard InChI is InChI=1S/C11H18N4O2/c1-11(2,3)7-4-5-15(6-7)10(16)8-9(12)14-17-13-8/h7H,4-6H2,1-3H3,(H2,12,14). The van der Waals surface area contributed by atoms with Crippen molar-refractivity contribution >= 4 is 11.7 Å². The van der Waals surface area contributed by atoms with E-state index in [0.717, 1.165) is 19.5 Å². The first-order valence-corrected chi connectivity index (χ1v) is 5.77. The van der Waals surface area contributed by atoms with Crippen LogP contribution < -0.4 is 5.73 Å². The molecule has 17 heavy (non-hydrogen) atoms. The highest BCUT2D eigenvalue weighted by Crippen LogP contribution is 2.34. The highest BCUT2D eigenvalue weighted by Gasteiger charge is 2.35. The molecule has 1 aliphatic rings. The molecule has 1 amide bonds. The summed E-state index contributed by atoms with van der Waals surface area (Å²) in [4.78, 5) is 13.9. The Morgan fingerprint density at radius 2 is 2.18 bits per heavy atom. The Morgan fingerprint density at radius 3 is 2.65 bits per heavy atom. The molecule has 0 aromatic carbocycles. The van der Waals surface area contributed by atoms with E-state index in [1.54, 1.807) is 4.90 Å². The summed E-state index contributed by atoms with van der Waals surface area (Å²) in [6.07, 6.45) is 1.01. The van der Waals surface area contributed by atoms with Crippen molar-refractivity contribution in [2.75, 3.05) is 18.8 Å². The van der Waals surface area contributed by atoms with Gasteiger partial charge < -0.3 is 10.6 Å². The fourth-order valence-corrected chi connectivity index (χ4v) is 2.15. The normalized spacial score (nSPS) is 20.9. The molecular weight excluding hydrogens is 220 g/mol. The molecule has 0 radical (unpaired) electrons. The number of anilines is 1. The van der Waals surface area contributed by atoms with Crippen molar-refractivity contribution in [2.45, 2.75) is 27.2 Å². The number of nitrogens with zero attached hydrogens (tertiary/aromatic N) is 3. The Labute approximate surface area is 100 Å². The molecule has 6 heteroatoms. The number of rotatable bonds is 1. The number of nitrogen functional groups attached to an aromatic ring is 1. The number of likely N-dealkylation sites (tertiary alicyclic amines) is 1. The van der Waals surface area contributed by atoms with Crippen LogP contribution in [0.1, 0.15) is 37.7 Å². The minimum atomic E-state index is -0.185. The van der Waals surface area contributed by atoms with Crippen LogP contribution in [0.25, 0.3) is 0 Å². The van der Waals surface area contributed by atoms with E-state index in [2.05, 4.69) is 35.7 Å². The summed E-state index contributed by atoms with van der Waals surface area (Å²) in [6.45, 7) is 8.06. The Bertz CT molecular complexity index is 421. The van der Waals surface area contributed by atoms with E-state index in [9.17, 15) is 4.79 Å². The minimum absolute atomic E-state index is 0.0641. The largest absolute Gasteiger partial charge is 0.379 e. The van der Waals surface area contributed by atoms with Crippen LogP contribution in [0.5, 0.6) is 0 Å². The summed E-state index contributed by atoms with van der Waals surface area (Å²) >= 11 is 0. The van der Waals surface area contributed by atoms with E-state index in [0.29, 0.717) is 5.92 Å². The molecule has 0 spiro atoms. The van der Waals surface area contributed by atoms with Gasteiger partial charge in [-0.3, -0.25) is 4.79 Å². The fraction of sp³-hybridized carbons (Fsp3) is 0.727. The van der Waals surface area contributed by atoms with Gasteiger partial charge >= 0.3 is 0 Å². The number of nitrogens with two attached hydrogens (primary N) is 1. The predicted octanol–water partition coefficient (Wildman–Crippen LogP) is 1.16. The molecule has 94 valence electrons. The first-order chi connectivity index (χ1) is 7.89. The number of hydrogen-bond donors (Lipinski definition) is 1. The van der Waals surface area contributed by atoms with Crippen LogP contribution in [0.15, 0.2) is 4.63 Å². The molecule has 0 aliphatic carbocycles. The molecule has 0 bridgehead atoms. The van der Waals surface area contributed by atoms with Gasteiger partial charge in [-0.15, -0.1) is 0 Å². The lowest BCUT2D eigenvalue weighted by molar-refractivity contribution is 0.0766. The minimum Gasteiger partial charge on any atom is -0.379 e. The molecule has 1 aromatic rings. The quantitative estimate of drug-likeness (QED) is 0.793. The molecule has 1 fully saturated rings. The summed E-state index contributed by atoms with van der Waals surface area (Å²) < 4.78 is 4.45. The molecule has 6 nitrogen and oxygen atoms in total. The molecule has 1 atom stereocenters. The van der Waals surface area contributed by atoms with Gasteiger partial charge in [-0.05, 0) is 28.1 Å². The monoisotopic (exact) mass is 238 g/mol. The number of hydrogen-bond acceptors (Lipinski definition) is 5. The van der Waals surface area contributed by atoms with Crippen molar-refractivity contribution in [1.82, 2.24) is 15.2 Å². The van der Waals surface area contributed by atoms with Gasteiger partial charge in [-0.1, -0.05) is 20.8 Å². The number of aromatic nitrogens is 2. The number of carbonyl (C=O) groups excluding carboxylic acids is 1. The Kier molecular flexibility index (Phi) is 2.81. The van der Waals surface area contributed by atoms with Crippen LogP contribution in [0.3, 0.4) is 0 Å². The predicted molar refractivity (Wildman–Crippen MR) is 62.2 cm³/mol. The van der Waals surface area contributed by atoms with E-state index < -0.39 is 0 Å². The lowest BCUT2D eigenvalue weighted by Crippen LogP contribution is -2.31. The van der Waals surface area contributed by atoms with Gasteiger partial charge in [0.2, 0.25) is 11.5 Å². The van der Waals surface area contributed by atoms with Crippen molar-refractivity contribution < 1.29 is 9.42 Å². The van der Waals surface area contributed by atoms with Crippen molar-refractivity contribution in [3.8, 4) is 0 Å². The van der Waals surface area contributed by atoms with Gasteiger partial charge in [0, 0.05) is 13.1 Å². The Morgan fingerprint density at radius 1 is 1.47 bits per heavy atom. The van der Waals surface area contributed by atoms with Crippen molar-refractivity contribution in [1.29, 1.82) is 0 Å². The third-order valence-electron chi connectivity index (χ3n) is 3.42. The van der Waals surface area contributed by atoms with E-state index in [1.165, 1.54) is 0 Å². The van der Waals surface area contributed by atoms with Crippen LogP contribution in [-0.2, 0) is 0 Å². The Hall–Kier alpha value is -1.59. The maximum atomic E-state index is 12.1. The molecule has 1 aliphatic heterocycles. The maximum Gasteiger partial charge on any atom is 0.280 e. The second-order valence-corrected chi connectivity index (χ2v) is 5.60. The first kappa shape index (κ1) is 11.9. The molecule has 1 aromatic heterocycles. The van der Waals surface area contributed by atoms with Crippen LogP contribution in [0.2, 0.25) is 0 Å². The molecule has 2 heterocycles. The van der Waals surface area contributed by atoms with Gasteiger partial charge in [0.1, 0.15) is 0 Å².